The van der Waals surface area contributed by atoms with E-state index in [1.165, 1.54) is 30.5 Å². The molecule has 0 saturated carbocycles. The summed E-state index contributed by atoms with van der Waals surface area (Å²) in [5, 5.41) is 3.33. The molecule has 0 fully saturated rings. The minimum atomic E-state index is -3.73. The third kappa shape index (κ3) is 6.19. The second-order valence-corrected chi connectivity index (χ2v) is 8.97. The summed E-state index contributed by atoms with van der Waals surface area (Å²) in [7, 11) is -3.73. The van der Waals surface area contributed by atoms with Gasteiger partial charge in [0.05, 0.1) is 10.5 Å². The number of hydrogen-bond donors (Lipinski definition) is 2. The number of anilines is 1. The van der Waals surface area contributed by atoms with Gasteiger partial charge >= 0.3 is 0 Å². The maximum Gasteiger partial charge on any atom is 0.261 e. The third-order valence-electron chi connectivity index (χ3n) is 4.44. The molecule has 3 aromatic rings. The minimum Gasteiger partial charge on any atom is -0.439 e. The van der Waals surface area contributed by atoms with E-state index in [4.69, 9.17) is 16.3 Å². The smallest absolute Gasteiger partial charge is 0.261 e. The molecule has 0 aliphatic carbocycles. The van der Waals surface area contributed by atoms with E-state index in [-0.39, 0.29) is 16.8 Å². The molecule has 1 heterocycles. The number of rotatable bonds is 8. The van der Waals surface area contributed by atoms with Gasteiger partial charge in [-0.15, -0.1) is 0 Å². The summed E-state index contributed by atoms with van der Waals surface area (Å²) in [5.41, 5.74) is 0.826. The lowest BCUT2D eigenvalue weighted by Crippen LogP contribution is -2.31. The molecular weight excluding hydrogens is 438 g/mol. The number of nitrogens with zero attached hydrogens (tertiary/aromatic N) is 1. The lowest BCUT2D eigenvalue weighted by molar-refractivity contribution is 0.0939. The fourth-order valence-electron chi connectivity index (χ4n) is 2.52. The molecule has 1 atom stereocenters. The Labute approximate surface area is 186 Å². The third-order valence-corrected chi connectivity index (χ3v) is 6.09. The van der Waals surface area contributed by atoms with E-state index < -0.39 is 10.0 Å². The Kier molecular flexibility index (Phi) is 7.14. The average Bonchev–Trinajstić information content (AvgIpc) is 2.75. The van der Waals surface area contributed by atoms with E-state index in [1.807, 2.05) is 13.8 Å². The summed E-state index contributed by atoms with van der Waals surface area (Å²) in [6.07, 6.45) is 2.29. The van der Waals surface area contributed by atoms with Gasteiger partial charge < -0.3 is 10.1 Å². The van der Waals surface area contributed by atoms with Crippen LogP contribution in [0.2, 0.25) is 5.02 Å². The standard InChI is InChI=1S/C22H22ClN3O4S/c1-3-15(2)25-22(27)16-4-13-21(24-14-16)30-19-9-7-18(8-10-19)26-31(28,29)20-11-5-17(23)6-12-20/h4-15,26H,3H2,1-2H3,(H,25,27)/t15-/m0/s1. The van der Waals surface area contributed by atoms with Crippen molar-refractivity contribution < 1.29 is 17.9 Å². The van der Waals surface area contributed by atoms with Gasteiger partial charge in [0.1, 0.15) is 5.75 Å². The van der Waals surface area contributed by atoms with Crippen LogP contribution in [0.25, 0.3) is 0 Å². The predicted molar refractivity (Wildman–Crippen MR) is 120 cm³/mol. The zero-order valence-electron chi connectivity index (χ0n) is 17.0. The first-order chi connectivity index (χ1) is 14.8. The van der Waals surface area contributed by atoms with Crippen molar-refractivity contribution >= 4 is 33.2 Å². The fourth-order valence-corrected chi connectivity index (χ4v) is 3.71. The lowest BCUT2D eigenvalue weighted by atomic mass is 10.2. The second-order valence-electron chi connectivity index (χ2n) is 6.85. The van der Waals surface area contributed by atoms with Crippen LogP contribution in [0, 0.1) is 0 Å². The number of carbonyl (C=O) groups is 1. The summed E-state index contributed by atoms with van der Waals surface area (Å²) in [4.78, 5) is 16.4. The van der Waals surface area contributed by atoms with Crippen LogP contribution in [0.3, 0.4) is 0 Å². The summed E-state index contributed by atoms with van der Waals surface area (Å²) < 4.78 is 33.0. The monoisotopic (exact) mass is 459 g/mol. The van der Waals surface area contributed by atoms with Gasteiger partial charge in [-0.2, -0.15) is 0 Å². The van der Waals surface area contributed by atoms with Crippen molar-refractivity contribution in [1.29, 1.82) is 0 Å². The minimum absolute atomic E-state index is 0.0825. The lowest BCUT2D eigenvalue weighted by Gasteiger charge is -2.11. The largest absolute Gasteiger partial charge is 0.439 e. The first kappa shape index (κ1) is 22.6. The van der Waals surface area contributed by atoms with Crippen LogP contribution in [0.5, 0.6) is 11.6 Å². The molecule has 2 aromatic carbocycles. The summed E-state index contributed by atoms with van der Waals surface area (Å²) >= 11 is 5.80. The van der Waals surface area contributed by atoms with Gasteiger partial charge in [0.2, 0.25) is 5.88 Å². The van der Waals surface area contributed by atoms with Crippen molar-refractivity contribution in [2.75, 3.05) is 4.72 Å². The Balaban J connectivity index is 1.63. The first-order valence-corrected chi connectivity index (χ1v) is 11.5. The Morgan fingerprint density at radius 1 is 1.06 bits per heavy atom. The first-order valence-electron chi connectivity index (χ1n) is 9.60. The number of halogens is 1. The molecule has 0 spiro atoms. The summed E-state index contributed by atoms with van der Waals surface area (Å²) in [6.45, 7) is 3.93. The van der Waals surface area contributed by atoms with Crippen molar-refractivity contribution in [1.82, 2.24) is 10.3 Å². The molecule has 9 heteroatoms. The highest BCUT2D eigenvalue weighted by atomic mass is 35.5. The van der Waals surface area contributed by atoms with E-state index in [1.54, 1.807) is 36.4 Å². The van der Waals surface area contributed by atoms with Gasteiger partial charge in [-0.3, -0.25) is 9.52 Å². The average molecular weight is 460 g/mol. The normalized spacial score (nSPS) is 12.1. The Bertz CT molecular complexity index is 1130. The molecule has 3 rings (SSSR count). The summed E-state index contributed by atoms with van der Waals surface area (Å²) in [5.74, 6) is 0.596. The second kappa shape index (κ2) is 9.80. The molecule has 1 aromatic heterocycles. The molecule has 31 heavy (non-hydrogen) atoms. The van der Waals surface area contributed by atoms with E-state index in [0.717, 1.165) is 6.42 Å². The number of aromatic nitrogens is 1. The number of pyridine rings is 1. The quantitative estimate of drug-likeness (QED) is 0.501. The van der Waals surface area contributed by atoms with Crippen molar-refractivity contribution in [3.8, 4) is 11.6 Å². The Hall–Kier alpha value is -3.10. The van der Waals surface area contributed by atoms with E-state index in [2.05, 4.69) is 15.0 Å². The molecule has 1 amide bonds. The molecule has 162 valence electrons. The molecule has 0 bridgehead atoms. The van der Waals surface area contributed by atoms with Crippen LogP contribution >= 0.6 is 11.6 Å². The van der Waals surface area contributed by atoms with E-state index in [9.17, 15) is 13.2 Å². The molecule has 0 aliphatic heterocycles. The maximum atomic E-state index is 12.4. The van der Waals surface area contributed by atoms with Gasteiger partial charge in [0, 0.05) is 29.0 Å². The highest BCUT2D eigenvalue weighted by molar-refractivity contribution is 7.92. The Morgan fingerprint density at radius 2 is 1.74 bits per heavy atom. The van der Waals surface area contributed by atoms with Crippen molar-refractivity contribution in [2.24, 2.45) is 0 Å². The predicted octanol–water partition coefficient (Wildman–Crippen LogP) is 4.86. The van der Waals surface area contributed by atoms with Crippen LogP contribution in [0.15, 0.2) is 71.8 Å². The zero-order valence-corrected chi connectivity index (χ0v) is 18.6. The molecular formula is C22H22ClN3O4S. The number of ether oxygens (including phenoxy) is 1. The maximum absolute atomic E-state index is 12.4. The van der Waals surface area contributed by atoms with Crippen molar-refractivity contribution in [3.05, 3.63) is 77.4 Å². The molecule has 7 nitrogen and oxygen atoms in total. The SMILES string of the molecule is CC[C@H](C)NC(=O)c1ccc(Oc2ccc(NS(=O)(=O)c3ccc(Cl)cc3)cc2)nc1. The number of nitrogens with one attached hydrogen (secondary N) is 2. The molecule has 2 N–H and O–H groups in total. The van der Waals surface area contributed by atoms with Gasteiger partial charge in [-0.05, 0) is 67.9 Å². The fraction of sp³-hybridized carbons (Fsp3) is 0.182. The van der Waals surface area contributed by atoms with Crippen LogP contribution in [0.1, 0.15) is 30.6 Å². The van der Waals surface area contributed by atoms with Crippen LogP contribution in [-0.2, 0) is 10.0 Å². The van der Waals surface area contributed by atoms with Gasteiger partial charge in [0.15, 0.2) is 0 Å². The number of sulfonamides is 1. The van der Waals surface area contributed by atoms with Gasteiger partial charge in [-0.1, -0.05) is 18.5 Å². The van der Waals surface area contributed by atoms with Crippen molar-refractivity contribution in [2.45, 2.75) is 31.2 Å². The topological polar surface area (TPSA) is 97.4 Å². The number of amides is 1. The molecule has 0 aliphatic rings. The summed E-state index contributed by atoms with van der Waals surface area (Å²) in [6, 6.07) is 15.6. The zero-order chi connectivity index (χ0) is 22.4. The van der Waals surface area contributed by atoms with Crippen LogP contribution in [0.4, 0.5) is 5.69 Å². The highest BCUT2D eigenvalue weighted by Crippen LogP contribution is 2.23. The highest BCUT2D eigenvalue weighted by Gasteiger charge is 2.14. The number of benzene rings is 2. The van der Waals surface area contributed by atoms with Crippen molar-refractivity contribution in [3.63, 3.8) is 0 Å². The molecule has 0 unspecified atom stereocenters. The van der Waals surface area contributed by atoms with Gasteiger partial charge in [-0.25, -0.2) is 13.4 Å². The van der Waals surface area contributed by atoms with Crippen LogP contribution in [-0.4, -0.2) is 25.4 Å². The van der Waals surface area contributed by atoms with Crippen LogP contribution < -0.4 is 14.8 Å². The van der Waals surface area contributed by atoms with E-state index in [0.29, 0.717) is 27.9 Å². The van der Waals surface area contributed by atoms with Gasteiger partial charge in [0.25, 0.3) is 15.9 Å². The number of carbonyl (C=O) groups excluding carboxylic acids is 1. The van der Waals surface area contributed by atoms with E-state index >= 15 is 0 Å². The number of hydrogen-bond acceptors (Lipinski definition) is 5. The molecule has 0 radical (unpaired) electrons. The molecule has 0 saturated heterocycles. The Morgan fingerprint density at radius 3 is 2.32 bits per heavy atom.